The van der Waals surface area contributed by atoms with Crippen molar-refractivity contribution in [2.45, 2.75) is 97.3 Å². The number of unbranched alkanes of at least 4 members (excludes halogenated alkanes) is 7. The smallest absolute Gasteiger partial charge is 0.410 e. The second-order valence-electron chi connectivity index (χ2n) is 9.46. The summed E-state index contributed by atoms with van der Waals surface area (Å²) in [6.45, 7) is 7.12. The van der Waals surface area contributed by atoms with Gasteiger partial charge in [-0.05, 0) is 87.5 Å². The summed E-state index contributed by atoms with van der Waals surface area (Å²) < 4.78 is 5.50. The summed E-state index contributed by atoms with van der Waals surface area (Å²) in [7, 11) is 0. The summed E-state index contributed by atoms with van der Waals surface area (Å²) in [5, 5.41) is 0. The number of hydrogen-bond donors (Lipinski definition) is 2. The number of nitrogens with zero attached hydrogens (tertiary/aromatic N) is 2. The number of benzene rings is 1. The molecular formula is C29H50N2O3S2. The molecular weight excluding hydrogens is 488 g/mol. The molecule has 1 rings (SSSR count). The normalized spacial score (nSPS) is 10.9. The lowest BCUT2D eigenvalue weighted by atomic mass is 10.1. The minimum atomic E-state index is -0.293. The highest BCUT2D eigenvalue weighted by Crippen LogP contribution is 2.16. The fourth-order valence-electron chi connectivity index (χ4n) is 4.20. The first kappa shape index (κ1) is 32.7. The molecule has 5 nitrogen and oxygen atoms in total. The summed E-state index contributed by atoms with van der Waals surface area (Å²) in [5.41, 5.74) is 1.20. The highest BCUT2D eigenvalue weighted by Gasteiger charge is 2.14. The van der Waals surface area contributed by atoms with E-state index >= 15 is 0 Å². The third-order valence-corrected chi connectivity index (χ3v) is 7.03. The highest BCUT2D eigenvalue weighted by atomic mass is 32.1. The molecule has 0 bridgehead atoms. The molecule has 206 valence electrons. The predicted octanol–water partition coefficient (Wildman–Crippen LogP) is 7.44. The quantitative estimate of drug-likeness (QED) is 0.126. The van der Waals surface area contributed by atoms with E-state index in [2.05, 4.69) is 37.1 Å². The molecule has 0 aliphatic carbocycles. The molecule has 1 aromatic carbocycles. The third-order valence-electron chi connectivity index (χ3n) is 6.39. The van der Waals surface area contributed by atoms with Crippen molar-refractivity contribution in [1.29, 1.82) is 0 Å². The Hall–Kier alpha value is -1.34. The first-order valence-corrected chi connectivity index (χ1v) is 15.4. The van der Waals surface area contributed by atoms with Gasteiger partial charge in [-0.1, -0.05) is 44.7 Å². The van der Waals surface area contributed by atoms with Crippen LogP contribution in [0.2, 0.25) is 0 Å². The van der Waals surface area contributed by atoms with E-state index in [1.807, 2.05) is 31.2 Å². The molecule has 0 heterocycles. The first-order chi connectivity index (χ1) is 17.5. The summed E-state index contributed by atoms with van der Waals surface area (Å²) in [5.74, 6) is 2.76. The molecule has 2 amide bonds. The van der Waals surface area contributed by atoms with Crippen LogP contribution in [0.4, 0.5) is 4.79 Å². The first-order valence-electron chi connectivity index (χ1n) is 14.1. The molecule has 0 aliphatic heterocycles. The zero-order valence-electron chi connectivity index (χ0n) is 22.8. The van der Waals surface area contributed by atoms with Crippen LogP contribution < -0.4 is 4.74 Å². The molecule has 0 fully saturated rings. The van der Waals surface area contributed by atoms with Gasteiger partial charge in [0.2, 0.25) is 5.91 Å². The predicted molar refractivity (Wildman–Crippen MR) is 159 cm³/mol. The fraction of sp³-hybridized carbons (Fsp3) is 0.724. The van der Waals surface area contributed by atoms with Crippen LogP contribution in [0, 0.1) is 0 Å². The van der Waals surface area contributed by atoms with Gasteiger partial charge in [0.1, 0.15) is 5.75 Å². The number of hydrogen-bond acceptors (Lipinski definition) is 5. The van der Waals surface area contributed by atoms with E-state index in [-0.39, 0.29) is 6.09 Å². The maximum Gasteiger partial charge on any atom is 0.415 e. The number of amides is 2. The average molecular weight is 539 g/mol. The van der Waals surface area contributed by atoms with Crippen LogP contribution in [-0.4, -0.2) is 59.5 Å². The van der Waals surface area contributed by atoms with Crippen LogP contribution in [0.1, 0.15) is 96.5 Å². The van der Waals surface area contributed by atoms with Crippen molar-refractivity contribution in [3.05, 3.63) is 29.8 Å². The zero-order valence-corrected chi connectivity index (χ0v) is 24.5. The van der Waals surface area contributed by atoms with E-state index in [0.717, 1.165) is 76.0 Å². The molecule has 0 saturated carbocycles. The number of ether oxygens (including phenoxy) is 1. The monoisotopic (exact) mass is 538 g/mol. The van der Waals surface area contributed by atoms with Crippen LogP contribution >= 0.6 is 25.3 Å². The van der Waals surface area contributed by atoms with Gasteiger partial charge in [-0.15, -0.1) is 0 Å². The van der Waals surface area contributed by atoms with Crippen LogP contribution in [0.15, 0.2) is 24.3 Å². The number of rotatable bonds is 21. The number of carbonyl (C=O) groups is 2. The molecule has 0 saturated heterocycles. The van der Waals surface area contributed by atoms with Gasteiger partial charge < -0.3 is 14.5 Å². The molecule has 0 unspecified atom stereocenters. The molecule has 7 heteroatoms. The van der Waals surface area contributed by atoms with Gasteiger partial charge in [0.25, 0.3) is 0 Å². The summed E-state index contributed by atoms with van der Waals surface area (Å²) in [6.07, 6.45) is 13.2. The van der Waals surface area contributed by atoms with Crippen molar-refractivity contribution in [2.75, 3.05) is 37.7 Å². The summed E-state index contributed by atoms with van der Waals surface area (Å²) in [6, 6.07) is 7.76. The van der Waals surface area contributed by atoms with Crippen molar-refractivity contribution in [1.82, 2.24) is 9.80 Å². The molecule has 1 aromatic rings. The van der Waals surface area contributed by atoms with E-state index < -0.39 is 0 Å². The lowest BCUT2D eigenvalue weighted by Crippen LogP contribution is -2.33. The Morgan fingerprint density at radius 2 is 1.31 bits per heavy atom. The van der Waals surface area contributed by atoms with Crippen LogP contribution in [-0.2, 0) is 11.2 Å². The third kappa shape index (κ3) is 15.0. The van der Waals surface area contributed by atoms with E-state index in [9.17, 15) is 9.59 Å². The average Bonchev–Trinajstić information content (AvgIpc) is 2.89. The number of thiol groups is 2. The van der Waals surface area contributed by atoms with Gasteiger partial charge in [-0.3, -0.25) is 4.79 Å². The fourth-order valence-corrected chi connectivity index (χ4v) is 4.65. The minimum Gasteiger partial charge on any atom is -0.410 e. The standard InChI is InChI=1S/C29H50N2O3S2/c1-3-21-30(4-2)29(33)34-27-19-17-26(18-20-27)15-9-10-16-28(32)31(22-11-5-7-13-24-35)23-12-6-8-14-25-36/h17-20,35-36H,3-16,21-25H2,1-2H3. The van der Waals surface area contributed by atoms with Gasteiger partial charge in [0.05, 0.1) is 0 Å². The van der Waals surface area contributed by atoms with Crippen molar-refractivity contribution < 1.29 is 14.3 Å². The van der Waals surface area contributed by atoms with Crippen LogP contribution in [0.3, 0.4) is 0 Å². The van der Waals surface area contributed by atoms with Gasteiger partial charge >= 0.3 is 6.09 Å². The van der Waals surface area contributed by atoms with E-state index in [0.29, 0.717) is 31.2 Å². The Morgan fingerprint density at radius 1 is 0.722 bits per heavy atom. The second-order valence-corrected chi connectivity index (χ2v) is 10.3. The minimum absolute atomic E-state index is 0.293. The maximum atomic E-state index is 12.9. The topological polar surface area (TPSA) is 49.9 Å². The van der Waals surface area contributed by atoms with Gasteiger partial charge in [0, 0.05) is 32.6 Å². The Balaban J connectivity index is 2.41. The van der Waals surface area contributed by atoms with E-state index in [1.54, 1.807) is 4.90 Å². The van der Waals surface area contributed by atoms with E-state index in [1.165, 1.54) is 31.2 Å². The molecule has 0 aromatic heterocycles. The Morgan fingerprint density at radius 3 is 1.83 bits per heavy atom. The summed E-state index contributed by atoms with van der Waals surface area (Å²) >= 11 is 8.58. The van der Waals surface area contributed by atoms with Crippen molar-refractivity contribution >= 4 is 37.3 Å². The van der Waals surface area contributed by atoms with Gasteiger partial charge in [-0.2, -0.15) is 25.3 Å². The van der Waals surface area contributed by atoms with Gasteiger partial charge in [0.15, 0.2) is 0 Å². The number of carbonyl (C=O) groups excluding carboxylic acids is 2. The Labute approximate surface area is 231 Å². The molecule has 0 atom stereocenters. The van der Waals surface area contributed by atoms with Crippen molar-refractivity contribution in [3.63, 3.8) is 0 Å². The lowest BCUT2D eigenvalue weighted by Gasteiger charge is -2.23. The Kier molecular flexibility index (Phi) is 19.7. The largest absolute Gasteiger partial charge is 0.415 e. The number of aryl methyl sites for hydroxylation is 1. The molecule has 0 N–H and O–H groups in total. The SMILES string of the molecule is CCCN(CC)C(=O)Oc1ccc(CCCCC(=O)N(CCCCCCS)CCCCCCS)cc1. The maximum absolute atomic E-state index is 12.9. The van der Waals surface area contributed by atoms with Crippen LogP contribution in [0.25, 0.3) is 0 Å². The zero-order chi connectivity index (χ0) is 26.4. The second kappa shape index (κ2) is 21.7. The van der Waals surface area contributed by atoms with Gasteiger partial charge in [-0.25, -0.2) is 4.79 Å². The van der Waals surface area contributed by atoms with E-state index in [4.69, 9.17) is 4.74 Å². The lowest BCUT2D eigenvalue weighted by molar-refractivity contribution is -0.131. The molecule has 36 heavy (non-hydrogen) atoms. The summed E-state index contributed by atoms with van der Waals surface area (Å²) in [4.78, 5) is 29.0. The Bertz CT molecular complexity index is 686. The molecule has 0 radical (unpaired) electrons. The molecule has 0 aliphatic rings. The van der Waals surface area contributed by atoms with Crippen molar-refractivity contribution in [3.8, 4) is 5.75 Å². The highest BCUT2D eigenvalue weighted by molar-refractivity contribution is 7.80. The molecule has 0 spiro atoms. The van der Waals surface area contributed by atoms with Crippen molar-refractivity contribution in [2.24, 2.45) is 0 Å². The van der Waals surface area contributed by atoms with Crippen LogP contribution in [0.5, 0.6) is 5.75 Å².